The molecule has 5 nitrogen and oxygen atoms in total. The van der Waals surface area contributed by atoms with E-state index in [1.165, 1.54) is 55.8 Å². The van der Waals surface area contributed by atoms with Crippen molar-refractivity contribution in [2.24, 2.45) is 0 Å². The number of hydrogen-bond acceptors (Lipinski definition) is 4. The van der Waals surface area contributed by atoms with Crippen LogP contribution in [0.4, 0.5) is 11.4 Å². The molecule has 0 N–H and O–H groups in total. The highest BCUT2D eigenvalue weighted by Gasteiger charge is 2.30. The van der Waals surface area contributed by atoms with Crippen molar-refractivity contribution in [3.63, 3.8) is 0 Å². The van der Waals surface area contributed by atoms with Crippen LogP contribution in [0.2, 0.25) is 0 Å². The fourth-order valence-electron chi connectivity index (χ4n) is 8.42. The van der Waals surface area contributed by atoms with E-state index in [1.807, 2.05) is 6.20 Å². The number of benzene rings is 5. The largest absolute Gasteiger partial charge is 0.457 e. The molecule has 5 aromatic carbocycles. The lowest BCUT2D eigenvalue weighted by atomic mass is 9.80. The lowest BCUT2D eigenvalue weighted by Gasteiger charge is -2.30. The van der Waals surface area contributed by atoms with Crippen LogP contribution in [-0.2, 0) is 21.7 Å². The lowest BCUT2D eigenvalue weighted by molar-refractivity contribution is 0.479. The maximum atomic E-state index is 6.97. The summed E-state index contributed by atoms with van der Waals surface area (Å²) < 4.78 is 9.27. The van der Waals surface area contributed by atoms with Crippen LogP contribution < -0.4 is 14.5 Å². The van der Waals surface area contributed by atoms with Crippen molar-refractivity contribution in [3.05, 3.63) is 155 Å². The average molecular weight is 809 g/mol. The smallest absolute Gasteiger partial charge is 0.137 e. The molecular weight excluding hydrogens is 745 g/mol. The van der Waals surface area contributed by atoms with E-state index < -0.39 is 0 Å². The van der Waals surface area contributed by atoms with Crippen molar-refractivity contribution in [1.82, 2.24) is 9.55 Å². The summed E-state index contributed by atoms with van der Waals surface area (Å²) in [7, 11) is 0. The minimum Gasteiger partial charge on any atom is -0.457 e. The predicted molar refractivity (Wildman–Crippen MR) is 260 cm³/mol. The van der Waals surface area contributed by atoms with Crippen LogP contribution >= 0.6 is 0 Å². The van der Waals surface area contributed by atoms with E-state index in [4.69, 9.17) is 9.72 Å². The highest BCUT2D eigenvalue weighted by Crippen LogP contribution is 2.42. The number of anilines is 2. The maximum Gasteiger partial charge on any atom is 0.137 e. The van der Waals surface area contributed by atoms with Gasteiger partial charge in [0.05, 0.1) is 17.7 Å². The Morgan fingerprint density at radius 2 is 1.03 bits per heavy atom. The van der Waals surface area contributed by atoms with Gasteiger partial charge in [0.25, 0.3) is 0 Å². The van der Waals surface area contributed by atoms with Crippen molar-refractivity contribution in [2.75, 3.05) is 16.5 Å². The third-order valence-corrected chi connectivity index (χ3v) is 12.6. The topological polar surface area (TPSA) is 33.5 Å². The number of nitrogens with zero attached hydrogens (tertiary/aromatic N) is 4. The first-order valence-corrected chi connectivity index (χ1v) is 21.9. The molecule has 0 bridgehead atoms. The first-order chi connectivity index (χ1) is 28.6. The predicted octanol–water partition coefficient (Wildman–Crippen LogP) is 15.4. The summed E-state index contributed by atoms with van der Waals surface area (Å²) in [5.74, 6) is 2.49. The van der Waals surface area contributed by atoms with Gasteiger partial charge in [-0.2, -0.15) is 0 Å². The van der Waals surface area contributed by atoms with E-state index in [-0.39, 0.29) is 21.7 Å². The Morgan fingerprint density at radius 1 is 0.459 bits per heavy atom. The Balaban J connectivity index is 1.22. The minimum atomic E-state index is -0.0978. The van der Waals surface area contributed by atoms with Gasteiger partial charge in [0.2, 0.25) is 0 Å². The molecule has 2 aromatic heterocycles. The SMILES string of the molecule is CC1=C(C)N(c2cc(C(C)(C)C)cc(C(C)(C)C)c2)CN1c1cc(Oc2ccc3c4cc(-c5ccccc5)ccc4n(-c4cc(C(C)(C)C)ccn4)c3c2)cc(C(C)(C)C)c1. The van der Waals surface area contributed by atoms with Gasteiger partial charge in [-0.05, 0) is 130 Å². The quantitative estimate of drug-likeness (QED) is 0.168. The molecule has 1 aliphatic rings. The zero-order valence-corrected chi connectivity index (χ0v) is 39.0. The molecule has 8 rings (SSSR count). The fourth-order valence-corrected chi connectivity index (χ4v) is 8.42. The van der Waals surface area contributed by atoms with Crippen LogP contribution in [0, 0.1) is 0 Å². The number of rotatable bonds is 6. The minimum absolute atomic E-state index is 0.0226. The van der Waals surface area contributed by atoms with Crippen molar-refractivity contribution in [2.45, 2.75) is 119 Å². The zero-order chi connectivity index (χ0) is 43.8. The molecule has 0 aliphatic carbocycles. The third kappa shape index (κ3) is 8.20. The number of hydrogen-bond donors (Lipinski definition) is 0. The standard InChI is InChI=1S/C56H64N4O/c1-36-37(2)59(35-58(36)44-28-41(54(6,7)8)27-42(29-44)55(9,10)11)45-30-43(56(12,13)14)31-47(33-45)61-46-21-22-48-49-26-39(38-18-16-15-17-19-38)20-23-50(49)60(51(48)34-46)52-32-40(24-25-57-52)53(3,4)5/h15-34H,35H2,1-14H3. The van der Waals surface area contributed by atoms with Gasteiger partial charge in [-0.3, -0.25) is 4.57 Å². The Labute approximate surface area is 364 Å². The van der Waals surface area contributed by atoms with Crippen molar-refractivity contribution in [3.8, 4) is 28.4 Å². The molecular formula is C56H64N4O. The molecule has 0 atom stereocenters. The molecule has 5 heteroatoms. The second kappa shape index (κ2) is 15.0. The first-order valence-electron chi connectivity index (χ1n) is 21.9. The molecule has 0 amide bonds. The monoisotopic (exact) mass is 809 g/mol. The molecule has 0 spiro atoms. The average Bonchev–Trinajstić information content (AvgIpc) is 3.68. The van der Waals surface area contributed by atoms with Gasteiger partial charge in [0.1, 0.15) is 17.3 Å². The maximum absolute atomic E-state index is 6.97. The van der Waals surface area contributed by atoms with Crippen LogP contribution in [0.25, 0.3) is 38.8 Å². The molecule has 1 aliphatic heterocycles. The summed E-state index contributed by atoms with van der Waals surface area (Å²) in [6, 6.07) is 42.2. The molecule has 0 saturated carbocycles. The van der Waals surface area contributed by atoms with E-state index in [9.17, 15) is 0 Å². The van der Waals surface area contributed by atoms with Crippen LogP contribution in [-0.4, -0.2) is 16.2 Å². The van der Waals surface area contributed by atoms with Crippen molar-refractivity contribution in [1.29, 1.82) is 0 Å². The number of aromatic nitrogens is 2. The summed E-state index contributed by atoms with van der Waals surface area (Å²) in [6.45, 7) is 32.7. The Hall–Kier alpha value is -5.81. The van der Waals surface area contributed by atoms with Gasteiger partial charge in [0.15, 0.2) is 0 Å². The van der Waals surface area contributed by atoms with Crippen molar-refractivity contribution >= 4 is 33.2 Å². The molecule has 0 saturated heterocycles. The summed E-state index contributed by atoms with van der Waals surface area (Å²) in [5.41, 5.74) is 14.5. The summed E-state index contributed by atoms with van der Waals surface area (Å²) in [6.07, 6.45) is 1.94. The van der Waals surface area contributed by atoms with E-state index in [2.05, 4.69) is 227 Å². The summed E-state index contributed by atoms with van der Waals surface area (Å²) in [5, 5.41) is 2.34. The van der Waals surface area contributed by atoms with Gasteiger partial charge < -0.3 is 14.5 Å². The van der Waals surface area contributed by atoms with Gasteiger partial charge >= 0.3 is 0 Å². The van der Waals surface area contributed by atoms with E-state index >= 15 is 0 Å². The molecule has 0 unspecified atom stereocenters. The van der Waals surface area contributed by atoms with E-state index in [1.54, 1.807) is 0 Å². The van der Waals surface area contributed by atoms with Crippen LogP contribution in [0.5, 0.6) is 11.5 Å². The number of pyridine rings is 1. The number of ether oxygens (including phenoxy) is 1. The van der Waals surface area contributed by atoms with E-state index in [0.717, 1.165) is 46.1 Å². The van der Waals surface area contributed by atoms with Gasteiger partial charge in [-0.25, -0.2) is 4.98 Å². The third-order valence-electron chi connectivity index (χ3n) is 12.6. The second-order valence-corrected chi connectivity index (χ2v) is 21.3. The molecule has 7 aromatic rings. The fraction of sp³-hybridized carbons (Fsp3) is 0.339. The van der Waals surface area contributed by atoms with Gasteiger partial charge in [-0.15, -0.1) is 0 Å². The van der Waals surface area contributed by atoms with E-state index in [0.29, 0.717) is 0 Å². The molecule has 0 fully saturated rings. The number of fused-ring (bicyclic) bond motifs is 3. The highest BCUT2D eigenvalue weighted by atomic mass is 16.5. The molecule has 314 valence electrons. The van der Waals surface area contributed by atoms with Gasteiger partial charge in [-0.1, -0.05) is 126 Å². The van der Waals surface area contributed by atoms with Crippen LogP contribution in [0.15, 0.2) is 133 Å². The van der Waals surface area contributed by atoms with Crippen molar-refractivity contribution < 1.29 is 4.74 Å². The Kier molecular flexibility index (Phi) is 10.3. The van der Waals surface area contributed by atoms with Crippen LogP contribution in [0.3, 0.4) is 0 Å². The number of allylic oxidation sites excluding steroid dienone is 2. The summed E-state index contributed by atoms with van der Waals surface area (Å²) >= 11 is 0. The Bertz CT molecular complexity index is 2780. The van der Waals surface area contributed by atoms with Crippen LogP contribution in [0.1, 0.15) is 119 Å². The zero-order valence-electron chi connectivity index (χ0n) is 39.0. The Morgan fingerprint density at radius 3 is 1.62 bits per heavy atom. The van der Waals surface area contributed by atoms with Gasteiger partial charge in [0, 0.05) is 51.9 Å². The lowest BCUT2D eigenvalue weighted by Crippen LogP contribution is -2.28. The molecule has 0 radical (unpaired) electrons. The normalized spacial score (nSPS) is 14.2. The second-order valence-electron chi connectivity index (χ2n) is 21.3. The molecule has 3 heterocycles. The summed E-state index contributed by atoms with van der Waals surface area (Å²) in [4.78, 5) is 9.88. The highest BCUT2D eigenvalue weighted by molar-refractivity contribution is 6.10. The first kappa shape index (κ1) is 41.9. The molecule has 61 heavy (non-hydrogen) atoms.